The van der Waals surface area contributed by atoms with Crippen LogP contribution in [-0.2, 0) is 16.1 Å². The third-order valence-electron chi connectivity index (χ3n) is 2.81. The molecule has 2 atom stereocenters. The summed E-state index contributed by atoms with van der Waals surface area (Å²) in [7, 11) is 1.86. The summed E-state index contributed by atoms with van der Waals surface area (Å²) in [5.41, 5.74) is 0. The lowest BCUT2D eigenvalue weighted by Crippen LogP contribution is -2.42. The predicted octanol–water partition coefficient (Wildman–Crippen LogP) is 0.599. The topological polar surface area (TPSA) is 50.4 Å². The minimum atomic E-state index is -0.0648. The maximum atomic E-state index is 11.9. The summed E-state index contributed by atoms with van der Waals surface area (Å²) in [5.74, 6) is 0.00946. The van der Waals surface area contributed by atoms with Crippen LogP contribution in [0, 0.1) is 5.92 Å². The predicted molar refractivity (Wildman–Crippen MR) is 63.3 cm³/mol. The zero-order valence-corrected chi connectivity index (χ0v) is 10.0. The molecule has 1 aromatic rings. The van der Waals surface area contributed by atoms with Crippen molar-refractivity contribution < 1.29 is 9.53 Å². The van der Waals surface area contributed by atoms with Gasteiger partial charge in [0.1, 0.15) is 0 Å². The molecule has 0 spiro atoms. The first-order valence-electron chi connectivity index (χ1n) is 5.36. The molecule has 1 saturated heterocycles. The van der Waals surface area contributed by atoms with E-state index in [2.05, 4.69) is 10.6 Å². The van der Waals surface area contributed by atoms with Crippen molar-refractivity contribution in [3.8, 4) is 0 Å². The van der Waals surface area contributed by atoms with E-state index in [1.54, 1.807) is 11.3 Å². The SMILES string of the molecule is CNC1COCC1C(=O)NCc1cccs1. The van der Waals surface area contributed by atoms with Crippen molar-refractivity contribution in [2.45, 2.75) is 12.6 Å². The number of amides is 1. The lowest BCUT2D eigenvalue weighted by atomic mass is 10.0. The molecule has 4 nitrogen and oxygen atoms in total. The highest BCUT2D eigenvalue weighted by atomic mass is 32.1. The van der Waals surface area contributed by atoms with Gasteiger partial charge in [0.25, 0.3) is 0 Å². The summed E-state index contributed by atoms with van der Waals surface area (Å²) in [6.45, 7) is 1.75. The van der Waals surface area contributed by atoms with E-state index in [4.69, 9.17) is 4.74 Å². The molecule has 88 valence electrons. The van der Waals surface area contributed by atoms with E-state index in [0.717, 1.165) is 0 Å². The maximum Gasteiger partial charge on any atom is 0.227 e. The van der Waals surface area contributed by atoms with Crippen LogP contribution in [0.5, 0.6) is 0 Å². The van der Waals surface area contributed by atoms with Crippen molar-refractivity contribution >= 4 is 17.2 Å². The lowest BCUT2D eigenvalue weighted by Gasteiger charge is -2.15. The van der Waals surface area contributed by atoms with Crippen molar-refractivity contribution in [1.82, 2.24) is 10.6 Å². The van der Waals surface area contributed by atoms with Gasteiger partial charge in [0.05, 0.1) is 25.7 Å². The molecule has 2 N–H and O–H groups in total. The highest BCUT2D eigenvalue weighted by Gasteiger charge is 2.32. The number of hydrogen-bond acceptors (Lipinski definition) is 4. The Balaban J connectivity index is 1.83. The molecule has 16 heavy (non-hydrogen) atoms. The Bertz CT molecular complexity index is 340. The summed E-state index contributed by atoms with van der Waals surface area (Å²) in [6, 6.07) is 4.15. The standard InChI is InChI=1S/C11H16N2O2S/c1-12-10-7-15-6-9(10)11(14)13-5-8-3-2-4-16-8/h2-4,9-10,12H,5-7H2,1H3,(H,13,14). The number of nitrogens with one attached hydrogen (secondary N) is 2. The largest absolute Gasteiger partial charge is 0.379 e. The Kier molecular flexibility index (Phi) is 3.93. The third-order valence-corrected chi connectivity index (χ3v) is 3.68. The van der Waals surface area contributed by atoms with Crippen molar-refractivity contribution in [3.63, 3.8) is 0 Å². The molecule has 0 aliphatic carbocycles. The molecule has 1 fully saturated rings. The van der Waals surface area contributed by atoms with Crippen LogP contribution >= 0.6 is 11.3 Å². The van der Waals surface area contributed by atoms with Gasteiger partial charge in [0.2, 0.25) is 5.91 Å². The van der Waals surface area contributed by atoms with Gasteiger partial charge in [-0.2, -0.15) is 0 Å². The Hall–Kier alpha value is -0.910. The van der Waals surface area contributed by atoms with Gasteiger partial charge in [-0.25, -0.2) is 0 Å². The van der Waals surface area contributed by atoms with Crippen LogP contribution in [0.1, 0.15) is 4.88 Å². The number of carbonyl (C=O) groups is 1. The monoisotopic (exact) mass is 240 g/mol. The summed E-state index contributed by atoms with van der Waals surface area (Å²) in [6.07, 6.45) is 0. The molecule has 0 radical (unpaired) electrons. The van der Waals surface area contributed by atoms with Crippen molar-refractivity contribution in [2.24, 2.45) is 5.92 Å². The molecular weight excluding hydrogens is 224 g/mol. The van der Waals surface area contributed by atoms with Crippen LogP contribution in [0.2, 0.25) is 0 Å². The second-order valence-corrected chi connectivity index (χ2v) is 4.87. The molecule has 0 aromatic carbocycles. The molecule has 2 heterocycles. The zero-order chi connectivity index (χ0) is 11.4. The van der Waals surface area contributed by atoms with Crippen molar-refractivity contribution in [1.29, 1.82) is 0 Å². The number of rotatable bonds is 4. The molecule has 0 saturated carbocycles. The highest BCUT2D eigenvalue weighted by Crippen LogP contribution is 2.14. The fraction of sp³-hybridized carbons (Fsp3) is 0.545. The Morgan fingerprint density at radius 2 is 2.50 bits per heavy atom. The quantitative estimate of drug-likeness (QED) is 0.810. The smallest absolute Gasteiger partial charge is 0.227 e. The van der Waals surface area contributed by atoms with Crippen molar-refractivity contribution in [3.05, 3.63) is 22.4 Å². The highest BCUT2D eigenvalue weighted by molar-refractivity contribution is 7.09. The van der Waals surface area contributed by atoms with E-state index in [9.17, 15) is 4.79 Å². The number of hydrogen-bond donors (Lipinski definition) is 2. The summed E-state index contributed by atoms with van der Waals surface area (Å²) >= 11 is 1.65. The summed E-state index contributed by atoms with van der Waals surface area (Å²) < 4.78 is 5.30. The number of thiophene rings is 1. The second-order valence-electron chi connectivity index (χ2n) is 3.84. The van der Waals surface area contributed by atoms with Crippen LogP contribution < -0.4 is 10.6 Å². The fourth-order valence-electron chi connectivity index (χ4n) is 1.82. The van der Waals surface area contributed by atoms with Gasteiger partial charge in [0.15, 0.2) is 0 Å². The molecule has 1 aliphatic rings. The van der Waals surface area contributed by atoms with E-state index in [0.29, 0.717) is 19.8 Å². The van der Waals surface area contributed by atoms with Gasteiger partial charge in [-0.1, -0.05) is 6.07 Å². The molecule has 5 heteroatoms. The minimum Gasteiger partial charge on any atom is -0.379 e. The van der Waals surface area contributed by atoms with Gasteiger partial charge in [-0.3, -0.25) is 4.79 Å². The van der Waals surface area contributed by atoms with Gasteiger partial charge in [-0.15, -0.1) is 11.3 Å². The Morgan fingerprint density at radius 3 is 3.19 bits per heavy atom. The average molecular weight is 240 g/mol. The lowest BCUT2D eigenvalue weighted by molar-refractivity contribution is -0.125. The molecule has 2 rings (SSSR count). The molecule has 1 aromatic heterocycles. The second kappa shape index (κ2) is 5.43. The van der Waals surface area contributed by atoms with Crippen LogP contribution in [-0.4, -0.2) is 32.2 Å². The van der Waals surface area contributed by atoms with E-state index in [1.165, 1.54) is 4.88 Å². The molecule has 0 bridgehead atoms. The normalized spacial score (nSPS) is 24.6. The zero-order valence-electron chi connectivity index (χ0n) is 9.23. The first kappa shape index (κ1) is 11.6. The third kappa shape index (κ3) is 2.61. The van der Waals surface area contributed by atoms with Gasteiger partial charge >= 0.3 is 0 Å². The molecule has 1 amide bonds. The number of ether oxygens (including phenoxy) is 1. The fourth-order valence-corrected chi connectivity index (χ4v) is 2.46. The first-order valence-corrected chi connectivity index (χ1v) is 6.24. The van der Waals surface area contributed by atoms with E-state index < -0.39 is 0 Å². The Morgan fingerprint density at radius 1 is 1.62 bits per heavy atom. The van der Waals surface area contributed by atoms with Gasteiger partial charge in [0, 0.05) is 10.9 Å². The van der Waals surface area contributed by atoms with Crippen LogP contribution in [0.25, 0.3) is 0 Å². The maximum absolute atomic E-state index is 11.9. The van der Waals surface area contributed by atoms with Crippen LogP contribution in [0.4, 0.5) is 0 Å². The van der Waals surface area contributed by atoms with Crippen LogP contribution in [0.15, 0.2) is 17.5 Å². The number of carbonyl (C=O) groups excluding carboxylic acids is 1. The first-order chi connectivity index (χ1) is 7.81. The molecular formula is C11H16N2O2S. The van der Waals surface area contributed by atoms with Crippen LogP contribution in [0.3, 0.4) is 0 Å². The number of likely N-dealkylation sites (N-methyl/N-ethyl adjacent to an activating group) is 1. The summed E-state index contributed by atoms with van der Waals surface area (Å²) in [5, 5.41) is 8.06. The van der Waals surface area contributed by atoms with E-state index in [1.807, 2.05) is 24.6 Å². The average Bonchev–Trinajstić information content (AvgIpc) is 2.96. The molecule has 2 unspecified atom stereocenters. The summed E-state index contributed by atoms with van der Waals surface area (Å²) in [4.78, 5) is 13.1. The van der Waals surface area contributed by atoms with E-state index in [-0.39, 0.29) is 17.9 Å². The Labute approximate surface area is 99.0 Å². The van der Waals surface area contributed by atoms with Gasteiger partial charge < -0.3 is 15.4 Å². The van der Waals surface area contributed by atoms with E-state index >= 15 is 0 Å². The minimum absolute atomic E-state index is 0.0648. The van der Waals surface area contributed by atoms with Gasteiger partial charge in [-0.05, 0) is 18.5 Å². The van der Waals surface area contributed by atoms with Crippen molar-refractivity contribution in [2.75, 3.05) is 20.3 Å². The molecule has 1 aliphatic heterocycles.